The van der Waals surface area contributed by atoms with E-state index in [9.17, 15) is 0 Å². The maximum absolute atomic E-state index is 5.01. The van der Waals surface area contributed by atoms with Gasteiger partial charge in [-0.2, -0.15) is 0 Å². The molecule has 3 aromatic heterocycles. The van der Waals surface area contributed by atoms with Crippen LogP contribution in [0.3, 0.4) is 0 Å². The van der Waals surface area contributed by atoms with Crippen molar-refractivity contribution in [2.24, 2.45) is 0 Å². The van der Waals surface area contributed by atoms with Crippen molar-refractivity contribution in [2.45, 2.75) is 0 Å². The maximum atomic E-state index is 5.01. The topological polar surface area (TPSA) is 35.6 Å². The zero-order valence-corrected chi connectivity index (χ0v) is 23.6. The summed E-state index contributed by atoms with van der Waals surface area (Å²) < 4.78 is 4.47. The molecule has 0 fully saturated rings. The molecule has 0 saturated carbocycles. The molecule has 0 atom stereocenters. The fourth-order valence-electron chi connectivity index (χ4n) is 7.33. The third-order valence-corrected chi connectivity index (χ3v) is 9.20. The van der Waals surface area contributed by atoms with Gasteiger partial charge in [-0.3, -0.25) is 4.57 Å². The first-order valence-electron chi connectivity index (χ1n) is 14.9. The van der Waals surface area contributed by atoms with E-state index in [2.05, 4.69) is 143 Å². The van der Waals surface area contributed by atoms with E-state index in [-0.39, 0.29) is 0 Å². The molecule has 0 amide bonds. The van der Waals surface area contributed by atoms with Gasteiger partial charge in [0.25, 0.3) is 0 Å². The van der Waals surface area contributed by atoms with E-state index in [0.29, 0.717) is 5.95 Å². The number of hydrogen-bond acceptors (Lipinski definition) is 2. The van der Waals surface area contributed by atoms with Gasteiger partial charge in [0.15, 0.2) is 0 Å². The first-order valence-corrected chi connectivity index (χ1v) is 14.9. The molecule has 0 unspecified atom stereocenters. The van der Waals surface area contributed by atoms with Crippen molar-refractivity contribution in [3.8, 4) is 11.6 Å². The van der Waals surface area contributed by atoms with Gasteiger partial charge in [0.1, 0.15) is 0 Å². The SMILES string of the molecule is c1ccc2c(c1)c1ccccc1c1cc3c(cc21)c1ccccc1n3-c1ncc(-n2c3ccccc3c3ccccc32)cn1. The van der Waals surface area contributed by atoms with Gasteiger partial charge in [0.2, 0.25) is 5.95 Å². The lowest BCUT2D eigenvalue weighted by Crippen LogP contribution is -2.03. The number of rotatable bonds is 2. The van der Waals surface area contributed by atoms with Crippen molar-refractivity contribution in [1.82, 2.24) is 19.1 Å². The van der Waals surface area contributed by atoms with Gasteiger partial charge in [0.05, 0.1) is 40.1 Å². The van der Waals surface area contributed by atoms with Gasteiger partial charge in [0, 0.05) is 21.5 Å². The molecule has 4 nitrogen and oxygen atoms in total. The number of fused-ring (bicyclic) bond motifs is 12. The second-order valence-corrected chi connectivity index (χ2v) is 11.5. The van der Waals surface area contributed by atoms with Crippen molar-refractivity contribution < 1.29 is 0 Å². The maximum Gasteiger partial charge on any atom is 0.234 e. The van der Waals surface area contributed by atoms with E-state index < -0.39 is 0 Å². The van der Waals surface area contributed by atoms with Crippen LogP contribution in [0.5, 0.6) is 0 Å². The lowest BCUT2D eigenvalue weighted by Gasteiger charge is -2.12. The molecule has 7 aromatic carbocycles. The van der Waals surface area contributed by atoms with Crippen molar-refractivity contribution in [2.75, 3.05) is 0 Å². The molecule has 0 aliphatic carbocycles. The van der Waals surface area contributed by atoms with Crippen LogP contribution in [0.4, 0.5) is 0 Å². The fourth-order valence-corrected chi connectivity index (χ4v) is 7.33. The largest absolute Gasteiger partial charge is 0.306 e. The molecule has 204 valence electrons. The predicted octanol–water partition coefficient (Wildman–Crippen LogP) is 10.1. The summed E-state index contributed by atoms with van der Waals surface area (Å²) >= 11 is 0. The summed E-state index contributed by atoms with van der Waals surface area (Å²) in [4.78, 5) is 10.0. The first-order chi connectivity index (χ1) is 21.8. The minimum Gasteiger partial charge on any atom is -0.306 e. The van der Waals surface area contributed by atoms with Crippen LogP contribution < -0.4 is 0 Å². The number of benzene rings is 7. The quantitative estimate of drug-likeness (QED) is 0.197. The summed E-state index contributed by atoms with van der Waals surface area (Å²) in [5.41, 5.74) is 5.43. The molecule has 0 N–H and O–H groups in total. The molecule has 0 bridgehead atoms. The van der Waals surface area contributed by atoms with Gasteiger partial charge >= 0.3 is 0 Å². The van der Waals surface area contributed by atoms with Crippen LogP contribution in [0.15, 0.2) is 146 Å². The van der Waals surface area contributed by atoms with E-state index in [1.54, 1.807) is 0 Å². The number of hydrogen-bond donors (Lipinski definition) is 0. The second kappa shape index (κ2) is 8.76. The van der Waals surface area contributed by atoms with E-state index in [4.69, 9.17) is 9.97 Å². The monoisotopic (exact) mass is 560 g/mol. The molecule has 10 rings (SSSR count). The summed E-state index contributed by atoms with van der Waals surface area (Å²) in [7, 11) is 0. The van der Waals surface area contributed by atoms with Gasteiger partial charge in [-0.1, -0.05) is 103 Å². The Morgan fingerprint density at radius 3 is 1.23 bits per heavy atom. The number of nitrogens with zero attached hydrogens (tertiary/aromatic N) is 4. The third kappa shape index (κ3) is 3.11. The Morgan fingerprint density at radius 1 is 0.318 bits per heavy atom. The molecule has 3 heterocycles. The number of para-hydroxylation sites is 3. The Labute approximate surface area is 252 Å². The summed E-state index contributed by atoms with van der Waals surface area (Å²) in [5.74, 6) is 0.658. The minimum atomic E-state index is 0.658. The fraction of sp³-hybridized carbons (Fsp3) is 0. The van der Waals surface area contributed by atoms with E-state index in [1.807, 2.05) is 12.4 Å². The Morgan fingerprint density at radius 2 is 0.705 bits per heavy atom. The highest BCUT2D eigenvalue weighted by molar-refractivity contribution is 6.28. The van der Waals surface area contributed by atoms with Crippen molar-refractivity contribution >= 4 is 75.9 Å². The molecule has 10 aromatic rings. The summed E-state index contributed by atoms with van der Waals surface area (Å²) in [6, 6.07) is 47.8. The van der Waals surface area contributed by atoms with Gasteiger partial charge in [-0.25, -0.2) is 9.97 Å². The number of aromatic nitrogens is 4. The van der Waals surface area contributed by atoms with Crippen molar-refractivity contribution in [1.29, 1.82) is 0 Å². The third-order valence-electron chi connectivity index (χ3n) is 9.20. The molecular weight excluding hydrogens is 536 g/mol. The lowest BCUT2D eigenvalue weighted by atomic mass is 9.93. The predicted molar refractivity (Wildman–Crippen MR) is 183 cm³/mol. The van der Waals surface area contributed by atoms with Crippen LogP contribution in [-0.2, 0) is 0 Å². The molecule has 44 heavy (non-hydrogen) atoms. The Kier molecular flexibility index (Phi) is 4.69. The van der Waals surface area contributed by atoms with Crippen LogP contribution in [0.25, 0.3) is 87.6 Å². The van der Waals surface area contributed by atoms with Crippen LogP contribution in [-0.4, -0.2) is 19.1 Å². The molecule has 4 heteroatoms. The van der Waals surface area contributed by atoms with Crippen molar-refractivity contribution in [3.63, 3.8) is 0 Å². The van der Waals surface area contributed by atoms with E-state index >= 15 is 0 Å². The minimum absolute atomic E-state index is 0.658. The highest BCUT2D eigenvalue weighted by atomic mass is 15.2. The van der Waals surface area contributed by atoms with Crippen LogP contribution in [0, 0.1) is 0 Å². The molecule has 0 aliphatic rings. The first kappa shape index (κ1) is 23.6. The highest BCUT2D eigenvalue weighted by Crippen LogP contribution is 2.40. The summed E-state index contributed by atoms with van der Waals surface area (Å²) in [6.45, 7) is 0. The van der Waals surface area contributed by atoms with E-state index in [1.165, 1.54) is 53.9 Å². The zero-order chi connectivity index (χ0) is 28.8. The summed E-state index contributed by atoms with van der Waals surface area (Å²) in [6.07, 6.45) is 3.90. The highest BCUT2D eigenvalue weighted by Gasteiger charge is 2.18. The average molecular weight is 561 g/mol. The molecule has 0 radical (unpaired) electrons. The Balaban J connectivity index is 1.26. The van der Waals surface area contributed by atoms with Crippen molar-refractivity contribution in [3.05, 3.63) is 146 Å². The second-order valence-electron chi connectivity index (χ2n) is 11.5. The standard InChI is InChI=1S/C40H24N4/c1-3-13-28-26(11-1)27-12-2-4-14-29(27)34-22-39-35(21-33(28)34)32-17-7-10-20-38(32)44(39)40-41-23-25(24-42-40)43-36-18-8-5-15-30(36)31-16-6-9-19-37(31)43/h1-24H. The van der Waals surface area contributed by atoms with Gasteiger partial charge < -0.3 is 4.57 Å². The zero-order valence-electron chi connectivity index (χ0n) is 23.6. The van der Waals surface area contributed by atoms with E-state index in [0.717, 1.165) is 27.8 Å². The Hall–Kier alpha value is -6.00. The van der Waals surface area contributed by atoms with Gasteiger partial charge in [-0.05, 0) is 62.6 Å². The lowest BCUT2D eigenvalue weighted by molar-refractivity contribution is 0.968. The van der Waals surface area contributed by atoms with Crippen LogP contribution in [0.2, 0.25) is 0 Å². The van der Waals surface area contributed by atoms with Crippen LogP contribution in [0.1, 0.15) is 0 Å². The molecular formula is C40H24N4. The normalized spacial score (nSPS) is 12.1. The van der Waals surface area contributed by atoms with Gasteiger partial charge in [-0.15, -0.1) is 0 Å². The summed E-state index contributed by atoms with van der Waals surface area (Å²) in [5, 5.41) is 12.4. The average Bonchev–Trinajstić information content (AvgIpc) is 3.60. The Bertz CT molecular complexity index is 2710. The molecule has 0 aliphatic heterocycles. The smallest absolute Gasteiger partial charge is 0.234 e. The molecule has 0 saturated heterocycles. The van der Waals surface area contributed by atoms with Crippen LogP contribution >= 0.6 is 0 Å². The molecule has 0 spiro atoms.